The van der Waals surface area contributed by atoms with Gasteiger partial charge < -0.3 is 10.2 Å². The van der Waals surface area contributed by atoms with E-state index < -0.39 is 5.60 Å². The highest BCUT2D eigenvalue weighted by Gasteiger charge is 2.66. The van der Waals surface area contributed by atoms with Crippen LogP contribution < -0.4 is 0 Å². The molecule has 0 spiro atoms. The lowest BCUT2D eigenvalue weighted by Crippen LogP contribution is -2.65. The number of rotatable bonds is 0. The van der Waals surface area contributed by atoms with Crippen molar-refractivity contribution in [2.45, 2.75) is 83.3 Å². The molecular formula is C19H30O3. The van der Waals surface area contributed by atoms with Crippen molar-refractivity contribution in [2.75, 3.05) is 0 Å². The van der Waals surface area contributed by atoms with E-state index in [9.17, 15) is 15.0 Å². The third kappa shape index (κ3) is 1.67. The Labute approximate surface area is 133 Å². The number of aliphatic hydroxyl groups excluding tert-OH is 1. The highest BCUT2D eigenvalue weighted by Crippen LogP contribution is 2.67. The van der Waals surface area contributed by atoms with Gasteiger partial charge in [-0.15, -0.1) is 0 Å². The van der Waals surface area contributed by atoms with Crippen molar-refractivity contribution in [1.82, 2.24) is 0 Å². The molecule has 22 heavy (non-hydrogen) atoms. The SMILES string of the molecule is C[C@]12CC[C@@]3(O)[C@H](CC[C@H]4C[C@H](O)CC[C@]43C)[C@@H]1CCC2=O. The van der Waals surface area contributed by atoms with Gasteiger partial charge in [0.25, 0.3) is 0 Å². The standard InChI is InChI=1S/C19H30O3/c1-17-9-10-19(22)15(14(17)5-6-16(17)21)4-3-12-11-13(20)7-8-18(12,19)2/h12-15,20,22H,3-11H2,1-2H3/t12-,13+,14-,15+,17-,18+,19+/m0/s1. The van der Waals surface area contributed by atoms with Crippen LogP contribution >= 0.6 is 0 Å². The van der Waals surface area contributed by atoms with E-state index in [-0.39, 0.29) is 22.9 Å². The Morgan fingerprint density at radius 2 is 1.77 bits per heavy atom. The normalized spacial score (nSPS) is 57.9. The first-order valence-corrected chi connectivity index (χ1v) is 9.25. The zero-order valence-electron chi connectivity index (χ0n) is 14.0. The van der Waals surface area contributed by atoms with Crippen LogP contribution in [-0.4, -0.2) is 27.7 Å². The van der Waals surface area contributed by atoms with Crippen molar-refractivity contribution in [3.8, 4) is 0 Å². The molecule has 0 amide bonds. The number of carbonyl (C=O) groups excluding carboxylic acids is 1. The van der Waals surface area contributed by atoms with Gasteiger partial charge in [0.05, 0.1) is 11.7 Å². The average molecular weight is 306 g/mol. The second-order valence-corrected chi connectivity index (χ2v) is 9.14. The van der Waals surface area contributed by atoms with Crippen LogP contribution in [0.5, 0.6) is 0 Å². The van der Waals surface area contributed by atoms with E-state index in [0.717, 1.165) is 51.4 Å². The molecule has 0 heterocycles. The van der Waals surface area contributed by atoms with Crippen LogP contribution in [0.1, 0.15) is 71.6 Å². The van der Waals surface area contributed by atoms with Crippen molar-refractivity contribution in [3.63, 3.8) is 0 Å². The van der Waals surface area contributed by atoms with Gasteiger partial charge >= 0.3 is 0 Å². The Morgan fingerprint density at radius 3 is 2.55 bits per heavy atom. The van der Waals surface area contributed by atoms with Gasteiger partial charge in [0.2, 0.25) is 0 Å². The van der Waals surface area contributed by atoms with Crippen LogP contribution in [0.4, 0.5) is 0 Å². The Morgan fingerprint density at radius 1 is 1.00 bits per heavy atom. The smallest absolute Gasteiger partial charge is 0.139 e. The summed E-state index contributed by atoms with van der Waals surface area (Å²) in [6, 6.07) is 0. The second kappa shape index (κ2) is 4.57. The van der Waals surface area contributed by atoms with E-state index in [4.69, 9.17) is 0 Å². The number of ketones is 1. The molecule has 4 fully saturated rings. The summed E-state index contributed by atoms with van der Waals surface area (Å²) in [6.07, 6.45) is 7.91. The van der Waals surface area contributed by atoms with Crippen molar-refractivity contribution < 1.29 is 15.0 Å². The van der Waals surface area contributed by atoms with Gasteiger partial charge in [-0.25, -0.2) is 0 Å². The monoisotopic (exact) mass is 306 g/mol. The first kappa shape index (κ1) is 15.1. The molecule has 2 N–H and O–H groups in total. The predicted octanol–water partition coefficient (Wildman–Crippen LogP) is 3.07. The van der Waals surface area contributed by atoms with Gasteiger partial charge in [0.1, 0.15) is 5.78 Å². The summed E-state index contributed by atoms with van der Waals surface area (Å²) in [5.41, 5.74) is -0.860. The van der Waals surface area contributed by atoms with E-state index in [2.05, 4.69) is 13.8 Å². The summed E-state index contributed by atoms with van der Waals surface area (Å²) >= 11 is 0. The summed E-state index contributed by atoms with van der Waals surface area (Å²) in [6.45, 7) is 4.43. The van der Waals surface area contributed by atoms with Gasteiger partial charge in [-0.3, -0.25) is 4.79 Å². The third-order valence-electron chi connectivity index (χ3n) is 8.53. The Hall–Kier alpha value is -0.410. The van der Waals surface area contributed by atoms with Gasteiger partial charge in [0, 0.05) is 11.8 Å². The molecule has 4 aliphatic carbocycles. The molecule has 4 rings (SSSR count). The molecule has 3 heteroatoms. The maximum atomic E-state index is 12.4. The van der Waals surface area contributed by atoms with E-state index in [1.54, 1.807) is 0 Å². The lowest BCUT2D eigenvalue weighted by Gasteiger charge is -2.64. The minimum Gasteiger partial charge on any atom is -0.393 e. The number of hydrogen-bond acceptors (Lipinski definition) is 3. The van der Waals surface area contributed by atoms with E-state index >= 15 is 0 Å². The van der Waals surface area contributed by atoms with Gasteiger partial charge in [-0.2, -0.15) is 0 Å². The summed E-state index contributed by atoms with van der Waals surface area (Å²) in [5, 5.41) is 21.8. The maximum absolute atomic E-state index is 12.4. The van der Waals surface area contributed by atoms with Crippen molar-refractivity contribution in [1.29, 1.82) is 0 Å². The molecule has 3 nitrogen and oxygen atoms in total. The van der Waals surface area contributed by atoms with Gasteiger partial charge in [0.15, 0.2) is 0 Å². The fourth-order valence-electron chi connectivity index (χ4n) is 6.95. The van der Waals surface area contributed by atoms with Crippen LogP contribution in [0.15, 0.2) is 0 Å². The molecular weight excluding hydrogens is 276 g/mol. The molecule has 0 bridgehead atoms. The second-order valence-electron chi connectivity index (χ2n) is 9.14. The molecule has 4 saturated carbocycles. The lowest BCUT2D eigenvalue weighted by atomic mass is 9.43. The van der Waals surface area contributed by atoms with Gasteiger partial charge in [-0.1, -0.05) is 13.8 Å². The fourth-order valence-corrected chi connectivity index (χ4v) is 6.95. The number of Topliss-reactive ketones (excluding diaryl/α,β-unsaturated/α-hetero) is 1. The Kier molecular flexibility index (Phi) is 3.14. The number of hydrogen-bond donors (Lipinski definition) is 2. The number of carbonyl (C=O) groups is 1. The Bertz CT molecular complexity index is 503. The first-order chi connectivity index (χ1) is 10.3. The van der Waals surface area contributed by atoms with Crippen LogP contribution in [0, 0.1) is 28.6 Å². The summed E-state index contributed by atoms with van der Waals surface area (Å²) in [5.74, 6) is 1.54. The minimum absolute atomic E-state index is 0.0673. The molecule has 0 aliphatic heterocycles. The van der Waals surface area contributed by atoms with E-state index in [0.29, 0.717) is 24.0 Å². The third-order valence-corrected chi connectivity index (χ3v) is 8.53. The lowest BCUT2D eigenvalue weighted by molar-refractivity contribution is -0.236. The predicted molar refractivity (Wildman–Crippen MR) is 84.2 cm³/mol. The quantitative estimate of drug-likeness (QED) is 0.723. The molecule has 7 atom stereocenters. The van der Waals surface area contributed by atoms with Crippen molar-refractivity contribution in [2.24, 2.45) is 28.6 Å². The van der Waals surface area contributed by atoms with Crippen molar-refractivity contribution >= 4 is 5.78 Å². The molecule has 0 radical (unpaired) electrons. The first-order valence-electron chi connectivity index (χ1n) is 9.25. The van der Waals surface area contributed by atoms with E-state index in [1.807, 2.05) is 0 Å². The van der Waals surface area contributed by atoms with Crippen LogP contribution in [-0.2, 0) is 4.79 Å². The maximum Gasteiger partial charge on any atom is 0.139 e. The summed E-state index contributed by atoms with van der Waals surface area (Å²) < 4.78 is 0. The molecule has 4 aliphatic rings. The Balaban J connectivity index is 1.71. The summed E-state index contributed by atoms with van der Waals surface area (Å²) in [7, 11) is 0. The highest BCUT2D eigenvalue weighted by atomic mass is 16.3. The zero-order valence-corrected chi connectivity index (χ0v) is 14.0. The average Bonchev–Trinajstić information content (AvgIpc) is 2.77. The molecule has 0 aromatic heterocycles. The molecule has 124 valence electrons. The number of aliphatic hydroxyl groups is 2. The fraction of sp³-hybridized carbons (Fsp3) is 0.947. The molecule has 0 aromatic carbocycles. The van der Waals surface area contributed by atoms with Crippen LogP contribution in [0.2, 0.25) is 0 Å². The number of fused-ring (bicyclic) bond motifs is 5. The zero-order chi connectivity index (χ0) is 15.8. The highest BCUT2D eigenvalue weighted by molar-refractivity contribution is 5.87. The largest absolute Gasteiger partial charge is 0.393 e. The van der Waals surface area contributed by atoms with Crippen LogP contribution in [0.3, 0.4) is 0 Å². The minimum atomic E-state index is -0.620. The van der Waals surface area contributed by atoms with Gasteiger partial charge in [-0.05, 0) is 74.5 Å². The molecule has 0 aromatic rings. The molecule has 0 unspecified atom stereocenters. The summed E-state index contributed by atoms with van der Waals surface area (Å²) in [4.78, 5) is 12.4. The van der Waals surface area contributed by atoms with E-state index in [1.165, 1.54) is 0 Å². The van der Waals surface area contributed by atoms with Crippen LogP contribution in [0.25, 0.3) is 0 Å². The topological polar surface area (TPSA) is 57.5 Å². The molecule has 0 saturated heterocycles. The van der Waals surface area contributed by atoms with Crippen molar-refractivity contribution in [3.05, 3.63) is 0 Å².